The number of piperidine rings is 1. The molecule has 1 fully saturated rings. The Labute approximate surface area is 137 Å². The van der Waals surface area contributed by atoms with E-state index in [4.69, 9.17) is 0 Å². The van der Waals surface area contributed by atoms with Crippen LogP contribution in [0.5, 0.6) is 0 Å². The van der Waals surface area contributed by atoms with Gasteiger partial charge in [0.15, 0.2) is 9.84 Å². The first-order chi connectivity index (χ1) is 10.7. The highest BCUT2D eigenvalue weighted by molar-refractivity contribution is 7.92. The van der Waals surface area contributed by atoms with Crippen molar-refractivity contribution in [2.24, 2.45) is 13.0 Å². The molecule has 0 spiro atoms. The van der Waals surface area contributed by atoms with Crippen molar-refractivity contribution < 1.29 is 13.2 Å². The van der Waals surface area contributed by atoms with Crippen LogP contribution in [-0.2, 0) is 16.9 Å². The Kier molecular flexibility index (Phi) is 5.29. The number of pyridine rings is 1. The molecule has 2 rings (SSSR count). The molecule has 2 heterocycles. The van der Waals surface area contributed by atoms with Crippen LogP contribution in [0.15, 0.2) is 23.1 Å². The molecule has 1 aliphatic heterocycles. The lowest BCUT2D eigenvalue weighted by Crippen LogP contribution is -2.47. The number of hydrogen-bond acceptors (Lipinski definition) is 4. The number of aromatic nitrogens is 1. The molecule has 1 saturated heterocycles. The Morgan fingerprint density at radius 1 is 1.39 bits per heavy atom. The Morgan fingerprint density at radius 2 is 2.09 bits per heavy atom. The Bertz CT molecular complexity index is 737. The van der Waals surface area contributed by atoms with Crippen LogP contribution in [0.25, 0.3) is 0 Å². The van der Waals surface area contributed by atoms with Gasteiger partial charge in [-0.05, 0) is 30.9 Å². The molecular formula is C16H24N2O4S. The maximum atomic E-state index is 12.6. The van der Waals surface area contributed by atoms with Crippen LogP contribution in [0.2, 0.25) is 0 Å². The number of aryl methyl sites for hydroxylation is 1. The zero-order chi connectivity index (χ0) is 17.2. The van der Waals surface area contributed by atoms with E-state index in [9.17, 15) is 18.0 Å². The third-order valence-electron chi connectivity index (χ3n) is 4.09. The van der Waals surface area contributed by atoms with Crippen LogP contribution >= 0.6 is 0 Å². The summed E-state index contributed by atoms with van der Waals surface area (Å²) >= 11 is 0. The van der Waals surface area contributed by atoms with Crippen molar-refractivity contribution in [2.75, 3.05) is 18.8 Å². The van der Waals surface area contributed by atoms with Gasteiger partial charge in [0, 0.05) is 26.3 Å². The molecule has 23 heavy (non-hydrogen) atoms. The van der Waals surface area contributed by atoms with Crippen LogP contribution in [0.4, 0.5) is 0 Å². The van der Waals surface area contributed by atoms with Crippen LogP contribution in [0.3, 0.4) is 0 Å². The molecular weight excluding hydrogens is 316 g/mol. The maximum absolute atomic E-state index is 12.6. The zero-order valence-corrected chi connectivity index (χ0v) is 14.7. The van der Waals surface area contributed by atoms with Gasteiger partial charge in [0.25, 0.3) is 11.5 Å². The fourth-order valence-corrected chi connectivity index (χ4v) is 5.08. The highest BCUT2D eigenvalue weighted by Gasteiger charge is 2.33. The summed E-state index contributed by atoms with van der Waals surface area (Å²) in [5, 5.41) is -0.532. The minimum atomic E-state index is -3.23. The van der Waals surface area contributed by atoms with Crippen molar-refractivity contribution in [2.45, 2.75) is 31.9 Å². The SMILES string of the molecule is CC(C)CS(=O)(=O)C1CCCN(C(=O)c2cccn(C)c2=O)C1. The molecule has 1 aromatic heterocycles. The monoisotopic (exact) mass is 340 g/mol. The van der Waals surface area contributed by atoms with E-state index in [2.05, 4.69) is 0 Å². The van der Waals surface area contributed by atoms with Gasteiger partial charge >= 0.3 is 0 Å². The molecule has 128 valence electrons. The molecule has 0 N–H and O–H groups in total. The standard InChI is InChI=1S/C16H24N2O4S/c1-12(2)11-23(21,22)13-6-4-9-18(10-13)16(20)14-7-5-8-17(3)15(14)19/h5,7-8,12-13H,4,6,9-11H2,1-3H3. The summed E-state index contributed by atoms with van der Waals surface area (Å²) in [5.74, 6) is -0.185. The van der Waals surface area contributed by atoms with E-state index in [1.165, 1.54) is 15.5 Å². The van der Waals surface area contributed by atoms with E-state index in [1.807, 2.05) is 13.8 Å². The van der Waals surface area contributed by atoms with E-state index < -0.39 is 15.1 Å². The smallest absolute Gasteiger partial charge is 0.263 e. The van der Waals surface area contributed by atoms with Gasteiger partial charge in [0.1, 0.15) is 5.56 Å². The molecule has 0 radical (unpaired) electrons. The predicted molar refractivity (Wildman–Crippen MR) is 89.2 cm³/mol. The second-order valence-electron chi connectivity index (χ2n) is 6.58. The van der Waals surface area contributed by atoms with Crippen molar-refractivity contribution in [3.8, 4) is 0 Å². The summed E-state index contributed by atoms with van der Waals surface area (Å²) in [6.45, 7) is 4.41. The summed E-state index contributed by atoms with van der Waals surface area (Å²) in [6, 6.07) is 3.14. The summed E-state index contributed by atoms with van der Waals surface area (Å²) < 4.78 is 26.2. The highest BCUT2D eigenvalue weighted by Crippen LogP contribution is 2.20. The van der Waals surface area contributed by atoms with E-state index >= 15 is 0 Å². The van der Waals surface area contributed by atoms with Crippen molar-refractivity contribution in [3.63, 3.8) is 0 Å². The van der Waals surface area contributed by atoms with Gasteiger partial charge in [-0.25, -0.2) is 8.42 Å². The lowest BCUT2D eigenvalue weighted by Gasteiger charge is -2.32. The molecule has 7 heteroatoms. The third kappa shape index (κ3) is 4.02. The van der Waals surface area contributed by atoms with Gasteiger partial charge in [-0.15, -0.1) is 0 Å². The molecule has 0 saturated carbocycles. The number of carbonyl (C=O) groups excluding carboxylic acids is 1. The van der Waals surface area contributed by atoms with E-state index in [-0.39, 0.29) is 35.2 Å². The fraction of sp³-hybridized carbons (Fsp3) is 0.625. The van der Waals surface area contributed by atoms with Crippen molar-refractivity contribution in [3.05, 3.63) is 34.2 Å². The number of carbonyl (C=O) groups is 1. The number of hydrogen-bond donors (Lipinski definition) is 0. The number of likely N-dealkylation sites (tertiary alicyclic amines) is 1. The zero-order valence-electron chi connectivity index (χ0n) is 13.9. The molecule has 0 aliphatic carbocycles. The third-order valence-corrected chi connectivity index (χ3v) is 6.62. The van der Waals surface area contributed by atoms with E-state index in [0.29, 0.717) is 19.4 Å². The van der Waals surface area contributed by atoms with Gasteiger partial charge < -0.3 is 9.47 Å². The second-order valence-corrected chi connectivity index (χ2v) is 8.90. The van der Waals surface area contributed by atoms with E-state index in [0.717, 1.165) is 0 Å². The van der Waals surface area contributed by atoms with Gasteiger partial charge in [-0.2, -0.15) is 0 Å². The van der Waals surface area contributed by atoms with Crippen LogP contribution in [0, 0.1) is 5.92 Å². The predicted octanol–water partition coefficient (Wildman–Crippen LogP) is 1.06. The number of amides is 1. The Hall–Kier alpha value is -1.63. The highest BCUT2D eigenvalue weighted by atomic mass is 32.2. The summed E-state index contributed by atoms with van der Waals surface area (Å²) in [7, 11) is -1.64. The first-order valence-electron chi connectivity index (χ1n) is 7.89. The fourth-order valence-electron chi connectivity index (χ4n) is 2.95. The average Bonchev–Trinajstić information content (AvgIpc) is 2.48. The molecule has 6 nitrogen and oxygen atoms in total. The van der Waals surface area contributed by atoms with Crippen LogP contribution in [0.1, 0.15) is 37.0 Å². The molecule has 1 amide bonds. The maximum Gasteiger partial charge on any atom is 0.263 e. The summed E-state index contributed by atoms with van der Waals surface area (Å²) in [5.41, 5.74) is -0.262. The molecule has 0 aromatic carbocycles. The van der Waals surface area contributed by atoms with Crippen molar-refractivity contribution >= 4 is 15.7 Å². The lowest BCUT2D eigenvalue weighted by atomic mass is 10.1. The molecule has 1 aromatic rings. The Morgan fingerprint density at radius 3 is 2.74 bits per heavy atom. The van der Waals surface area contributed by atoms with Crippen LogP contribution in [-0.4, -0.2) is 47.9 Å². The van der Waals surface area contributed by atoms with Crippen molar-refractivity contribution in [1.82, 2.24) is 9.47 Å². The molecule has 0 bridgehead atoms. The normalized spacial score (nSPS) is 19.1. The second kappa shape index (κ2) is 6.86. The minimum Gasteiger partial charge on any atom is -0.337 e. The summed E-state index contributed by atoms with van der Waals surface area (Å²) in [6.07, 6.45) is 2.80. The molecule has 1 unspecified atom stereocenters. The van der Waals surface area contributed by atoms with Crippen molar-refractivity contribution in [1.29, 1.82) is 0 Å². The first kappa shape index (κ1) is 17.7. The topological polar surface area (TPSA) is 76.5 Å². The summed E-state index contributed by atoms with van der Waals surface area (Å²) in [4.78, 5) is 26.2. The quantitative estimate of drug-likeness (QED) is 0.821. The van der Waals surface area contributed by atoms with Gasteiger partial charge in [-0.3, -0.25) is 9.59 Å². The first-order valence-corrected chi connectivity index (χ1v) is 9.60. The largest absolute Gasteiger partial charge is 0.337 e. The van der Waals surface area contributed by atoms with Gasteiger partial charge in [0.2, 0.25) is 0 Å². The minimum absolute atomic E-state index is 0.0625. The average molecular weight is 340 g/mol. The molecule has 1 atom stereocenters. The number of sulfone groups is 1. The van der Waals surface area contributed by atoms with E-state index in [1.54, 1.807) is 19.3 Å². The molecule has 1 aliphatic rings. The van der Waals surface area contributed by atoms with Crippen LogP contribution < -0.4 is 5.56 Å². The number of nitrogens with zero attached hydrogens (tertiary/aromatic N) is 2. The lowest BCUT2D eigenvalue weighted by molar-refractivity contribution is 0.0724. The number of rotatable bonds is 4. The van der Waals surface area contributed by atoms with Gasteiger partial charge in [-0.1, -0.05) is 13.8 Å². The Balaban J connectivity index is 2.20. The van der Waals surface area contributed by atoms with Gasteiger partial charge in [0.05, 0.1) is 11.0 Å².